The van der Waals surface area contributed by atoms with Gasteiger partial charge in [0.1, 0.15) is 17.6 Å². The highest BCUT2D eigenvalue weighted by Gasteiger charge is 2.25. The molecule has 2 saturated heterocycles. The van der Waals surface area contributed by atoms with E-state index in [9.17, 15) is 4.79 Å². The lowest BCUT2D eigenvalue weighted by Gasteiger charge is -2.32. The molecule has 6 heteroatoms. The Balaban J connectivity index is 1.33. The molecule has 2 fully saturated rings. The van der Waals surface area contributed by atoms with Gasteiger partial charge < -0.3 is 14.1 Å². The summed E-state index contributed by atoms with van der Waals surface area (Å²) >= 11 is 6.22. The van der Waals surface area contributed by atoms with Gasteiger partial charge >= 0.3 is 0 Å². The Morgan fingerprint density at radius 3 is 2.67 bits per heavy atom. The van der Waals surface area contributed by atoms with Crippen molar-refractivity contribution in [1.82, 2.24) is 9.80 Å². The quantitative estimate of drug-likeness (QED) is 0.640. The van der Waals surface area contributed by atoms with Crippen LogP contribution in [0.1, 0.15) is 48.2 Å². The SMILES string of the molecule is O=C(c1ccc(Cl)cc1OC1CCN(C/C=C/c2ccco2)CC1)N1CCCCC1. The maximum Gasteiger partial charge on any atom is 0.257 e. The van der Waals surface area contributed by atoms with Gasteiger partial charge in [0.2, 0.25) is 0 Å². The molecule has 0 radical (unpaired) electrons. The van der Waals surface area contributed by atoms with Crippen LogP contribution >= 0.6 is 11.6 Å². The molecule has 2 aliphatic heterocycles. The molecule has 0 bridgehead atoms. The van der Waals surface area contributed by atoms with Gasteiger partial charge in [-0.2, -0.15) is 0 Å². The van der Waals surface area contributed by atoms with Crippen molar-refractivity contribution in [3.63, 3.8) is 0 Å². The van der Waals surface area contributed by atoms with E-state index in [-0.39, 0.29) is 12.0 Å². The van der Waals surface area contributed by atoms with Gasteiger partial charge in [-0.3, -0.25) is 9.69 Å². The highest BCUT2D eigenvalue weighted by molar-refractivity contribution is 6.30. The van der Waals surface area contributed by atoms with E-state index in [0.29, 0.717) is 16.3 Å². The normalized spacial score (nSPS) is 18.8. The summed E-state index contributed by atoms with van der Waals surface area (Å²) in [7, 11) is 0. The zero-order valence-corrected chi connectivity index (χ0v) is 18.0. The molecule has 1 aromatic heterocycles. The van der Waals surface area contributed by atoms with Gasteiger partial charge in [0, 0.05) is 37.7 Å². The van der Waals surface area contributed by atoms with E-state index in [1.165, 1.54) is 6.42 Å². The largest absolute Gasteiger partial charge is 0.489 e. The fraction of sp³-hybridized carbons (Fsp3) is 0.458. The second-order valence-corrected chi connectivity index (χ2v) is 8.47. The van der Waals surface area contributed by atoms with Gasteiger partial charge in [-0.1, -0.05) is 17.7 Å². The van der Waals surface area contributed by atoms with Gasteiger partial charge in [0.25, 0.3) is 5.91 Å². The lowest BCUT2D eigenvalue weighted by atomic mass is 10.1. The number of rotatable bonds is 6. The van der Waals surface area contributed by atoms with E-state index in [0.717, 1.165) is 64.2 Å². The average Bonchev–Trinajstić information content (AvgIpc) is 3.29. The standard InChI is InChI=1S/C24H29ClN2O3/c25-19-8-9-22(24(28)27-13-2-1-3-14-27)23(18-19)30-21-10-15-26(16-11-21)12-4-6-20-7-5-17-29-20/h4-9,17-18,21H,1-3,10-16H2/b6-4+. The molecule has 1 aromatic carbocycles. The van der Waals surface area contributed by atoms with Crippen LogP contribution in [0.2, 0.25) is 5.02 Å². The molecule has 3 heterocycles. The van der Waals surface area contributed by atoms with Crippen LogP contribution < -0.4 is 4.74 Å². The Kier molecular flexibility index (Phi) is 7.13. The van der Waals surface area contributed by atoms with Crippen LogP contribution in [0.15, 0.2) is 47.1 Å². The van der Waals surface area contributed by atoms with Crippen molar-refractivity contribution in [1.29, 1.82) is 0 Å². The van der Waals surface area contributed by atoms with E-state index < -0.39 is 0 Å². The summed E-state index contributed by atoms with van der Waals surface area (Å²) in [4.78, 5) is 17.4. The third-order valence-electron chi connectivity index (χ3n) is 5.83. The van der Waals surface area contributed by atoms with Crippen LogP contribution in [0.5, 0.6) is 5.75 Å². The molecule has 0 unspecified atom stereocenters. The van der Waals surface area contributed by atoms with Crippen LogP contribution in [0, 0.1) is 0 Å². The summed E-state index contributed by atoms with van der Waals surface area (Å²) in [6.45, 7) is 4.46. The molecule has 5 nitrogen and oxygen atoms in total. The minimum Gasteiger partial charge on any atom is -0.489 e. The summed E-state index contributed by atoms with van der Waals surface area (Å²) < 4.78 is 11.6. The summed E-state index contributed by atoms with van der Waals surface area (Å²) in [6.07, 6.45) is 11.1. The van der Waals surface area contributed by atoms with Gasteiger partial charge in [-0.15, -0.1) is 0 Å². The van der Waals surface area contributed by atoms with Gasteiger partial charge in [-0.05, 0) is 68.5 Å². The van der Waals surface area contributed by atoms with Crippen LogP contribution in [0.3, 0.4) is 0 Å². The third-order valence-corrected chi connectivity index (χ3v) is 6.07. The van der Waals surface area contributed by atoms with Gasteiger partial charge in [0.15, 0.2) is 0 Å². The Morgan fingerprint density at radius 2 is 1.93 bits per heavy atom. The zero-order chi connectivity index (χ0) is 20.8. The van der Waals surface area contributed by atoms with Crippen LogP contribution in [-0.4, -0.2) is 54.5 Å². The molecule has 0 N–H and O–H groups in total. The number of amides is 1. The highest BCUT2D eigenvalue weighted by atomic mass is 35.5. The maximum absolute atomic E-state index is 13.0. The van der Waals surface area contributed by atoms with Crippen molar-refractivity contribution in [3.8, 4) is 5.75 Å². The molecular formula is C24H29ClN2O3. The average molecular weight is 429 g/mol. The number of halogens is 1. The number of ether oxygens (including phenoxy) is 1. The van der Waals surface area contributed by atoms with Gasteiger partial charge in [-0.25, -0.2) is 0 Å². The highest BCUT2D eigenvalue weighted by Crippen LogP contribution is 2.28. The number of hydrogen-bond acceptors (Lipinski definition) is 4. The molecule has 2 aromatic rings. The lowest BCUT2D eigenvalue weighted by Crippen LogP contribution is -2.39. The Hall–Kier alpha value is -2.24. The van der Waals surface area contributed by atoms with E-state index in [1.807, 2.05) is 29.2 Å². The predicted octanol–water partition coefficient (Wildman–Crippen LogP) is 5.12. The lowest BCUT2D eigenvalue weighted by molar-refractivity contribution is 0.0706. The van der Waals surface area contributed by atoms with Crippen LogP contribution in [-0.2, 0) is 0 Å². The second-order valence-electron chi connectivity index (χ2n) is 8.03. The topological polar surface area (TPSA) is 45.9 Å². The molecule has 0 saturated carbocycles. The smallest absolute Gasteiger partial charge is 0.257 e. The number of nitrogens with zero attached hydrogens (tertiary/aromatic N) is 2. The fourth-order valence-corrected chi connectivity index (χ4v) is 4.29. The molecule has 4 rings (SSSR count). The molecule has 2 aliphatic rings. The van der Waals surface area contributed by atoms with Crippen molar-refractivity contribution in [2.24, 2.45) is 0 Å². The molecule has 160 valence electrons. The summed E-state index contributed by atoms with van der Waals surface area (Å²) in [5.74, 6) is 1.55. The van der Waals surface area contributed by atoms with Crippen molar-refractivity contribution < 1.29 is 13.9 Å². The molecule has 30 heavy (non-hydrogen) atoms. The van der Waals surface area contributed by atoms with E-state index in [1.54, 1.807) is 18.4 Å². The maximum atomic E-state index is 13.0. The van der Waals surface area contributed by atoms with E-state index in [2.05, 4.69) is 11.0 Å². The molecular weight excluding hydrogens is 400 g/mol. The number of carbonyl (C=O) groups excluding carboxylic acids is 1. The zero-order valence-electron chi connectivity index (χ0n) is 17.3. The molecule has 0 aliphatic carbocycles. The Labute approximate surface area is 183 Å². The van der Waals surface area contributed by atoms with Crippen LogP contribution in [0.4, 0.5) is 0 Å². The van der Waals surface area contributed by atoms with Crippen molar-refractivity contribution in [2.75, 3.05) is 32.7 Å². The first kappa shape index (κ1) is 21.0. The van der Waals surface area contributed by atoms with Gasteiger partial charge in [0.05, 0.1) is 11.8 Å². The second kappa shape index (κ2) is 10.2. The Morgan fingerprint density at radius 1 is 1.13 bits per heavy atom. The number of piperidine rings is 2. The number of likely N-dealkylation sites (tertiary alicyclic amines) is 2. The first-order valence-electron chi connectivity index (χ1n) is 10.9. The van der Waals surface area contributed by atoms with Crippen molar-refractivity contribution in [3.05, 3.63) is 59.0 Å². The van der Waals surface area contributed by atoms with Crippen molar-refractivity contribution >= 4 is 23.6 Å². The third kappa shape index (κ3) is 5.46. The molecule has 0 spiro atoms. The minimum absolute atomic E-state index is 0.0573. The fourth-order valence-electron chi connectivity index (χ4n) is 4.13. The summed E-state index contributed by atoms with van der Waals surface area (Å²) in [5, 5.41) is 0.598. The Bertz CT molecular complexity index is 851. The minimum atomic E-state index is 0.0573. The summed E-state index contributed by atoms with van der Waals surface area (Å²) in [6, 6.07) is 9.22. The predicted molar refractivity (Wildman–Crippen MR) is 119 cm³/mol. The molecule has 0 atom stereocenters. The molecule has 1 amide bonds. The number of benzene rings is 1. The van der Waals surface area contributed by atoms with E-state index >= 15 is 0 Å². The summed E-state index contributed by atoms with van der Waals surface area (Å²) in [5.41, 5.74) is 0.630. The first-order chi connectivity index (χ1) is 14.7. The van der Waals surface area contributed by atoms with Crippen molar-refractivity contribution in [2.45, 2.75) is 38.2 Å². The van der Waals surface area contributed by atoms with E-state index in [4.69, 9.17) is 20.8 Å². The number of carbonyl (C=O) groups is 1. The number of furan rings is 1. The first-order valence-corrected chi connectivity index (χ1v) is 11.2. The number of hydrogen-bond donors (Lipinski definition) is 0. The monoisotopic (exact) mass is 428 g/mol. The van der Waals surface area contributed by atoms with Crippen LogP contribution in [0.25, 0.3) is 6.08 Å².